The minimum absolute atomic E-state index is 0.0439. The summed E-state index contributed by atoms with van der Waals surface area (Å²) in [6, 6.07) is 14.7. The molecule has 0 unspecified atom stereocenters. The van der Waals surface area contributed by atoms with Crippen molar-refractivity contribution in [2.24, 2.45) is 11.5 Å². The van der Waals surface area contributed by atoms with Crippen molar-refractivity contribution in [3.63, 3.8) is 0 Å². The zero-order chi connectivity index (χ0) is 16.4. The Morgan fingerprint density at radius 3 is 2.57 bits per heavy atom. The third-order valence-electron chi connectivity index (χ3n) is 3.62. The lowest BCUT2D eigenvalue weighted by Crippen LogP contribution is -2.21. The molecule has 6 heteroatoms. The Morgan fingerprint density at radius 1 is 1.22 bits per heavy atom. The zero-order valence-corrected chi connectivity index (χ0v) is 12.3. The minimum atomic E-state index is -0.543. The van der Waals surface area contributed by atoms with Crippen LogP contribution in [0.2, 0.25) is 0 Å². The molecule has 2 aromatic carbocycles. The predicted molar refractivity (Wildman–Crippen MR) is 87.0 cm³/mol. The second-order valence-electron chi connectivity index (χ2n) is 5.32. The number of nitrogens with two attached hydrogens (primary N) is 2. The first-order chi connectivity index (χ1) is 11.1. The van der Waals surface area contributed by atoms with Gasteiger partial charge >= 0.3 is 0 Å². The molecule has 0 spiro atoms. The van der Waals surface area contributed by atoms with Gasteiger partial charge in [-0.2, -0.15) is 5.26 Å². The fraction of sp³-hybridized carbons (Fsp3) is 0.118. The van der Waals surface area contributed by atoms with E-state index >= 15 is 0 Å². The van der Waals surface area contributed by atoms with Gasteiger partial charge in [0.15, 0.2) is 0 Å². The van der Waals surface area contributed by atoms with Crippen LogP contribution >= 0.6 is 0 Å². The van der Waals surface area contributed by atoms with Crippen molar-refractivity contribution in [3.05, 3.63) is 53.9 Å². The molecule has 5 N–H and O–H groups in total. The van der Waals surface area contributed by atoms with Crippen molar-refractivity contribution in [2.45, 2.75) is 12.5 Å². The molecule has 0 fully saturated rings. The highest BCUT2D eigenvalue weighted by Crippen LogP contribution is 2.25. The van der Waals surface area contributed by atoms with E-state index in [1.807, 2.05) is 30.3 Å². The SMILES string of the molecule is N#Cc1ccc(-c2ccc3nc([C@@H](N)CC(N)=O)[nH]c3c2)cc1. The van der Waals surface area contributed by atoms with E-state index in [0.717, 1.165) is 22.2 Å². The summed E-state index contributed by atoms with van der Waals surface area (Å²) in [5.74, 6) is 0.0759. The van der Waals surface area contributed by atoms with Gasteiger partial charge in [0.1, 0.15) is 5.82 Å². The first-order valence-electron chi connectivity index (χ1n) is 7.11. The van der Waals surface area contributed by atoms with E-state index in [9.17, 15) is 4.79 Å². The largest absolute Gasteiger partial charge is 0.370 e. The third kappa shape index (κ3) is 3.05. The Balaban J connectivity index is 1.95. The van der Waals surface area contributed by atoms with Crippen molar-refractivity contribution >= 4 is 16.9 Å². The molecule has 1 atom stereocenters. The molecule has 114 valence electrons. The number of nitrogens with zero attached hydrogens (tertiary/aromatic N) is 2. The fourth-order valence-corrected chi connectivity index (χ4v) is 2.44. The Bertz CT molecular complexity index is 905. The molecule has 0 saturated carbocycles. The number of aromatic amines is 1. The van der Waals surface area contributed by atoms with Crippen molar-refractivity contribution in [1.29, 1.82) is 5.26 Å². The number of nitriles is 1. The number of fused-ring (bicyclic) bond motifs is 1. The maximum atomic E-state index is 11.0. The van der Waals surface area contributed by atoms with Crippen LogP contribution in [0.3, 0.4) is 0 Å². The van der Waals surface area contributed by atoms with Crippen LogP contribution in [-0.4, -0.2) is 15.9 Å². The molecular formula is C17H15N5O. The van der Waals surface area contributed by atoms with Crippen LogP contribution in [0, 0.1) is 11.3 Å². The molecule has 0 saturated heterocycles. The van der Waals surface area contributed by atoms with Crippen LogP contribution in [0.15, 0.2) is 42.5 Å². The number of imidazole rings is 1. The van der Waals surface area contributed by atoms with Gasteiger partial charge in [0.2, 0.25) is 5.91 Å². The maximum absolute atomic E-state index is 11.0. The highest BCUT2D eigenvalue weighted by molar-refractivity contribution is 5.82. The smallest absolute Gasteiger partial charge is 0.219 e. The first-order valence-corrected chi connectivity index (χ1v) is 7.11. The van der Waals surface area contributed by atoms with Gasteiger partial charge in [0.05, 0.1) is 28.7 Å². The molecule has 0 aliphatic carbocycles. The summed E-state index contributed by atoms with van der Waals surface area (Å²) in [6.07, 6.45) is 0.0439. The van der Waals surface area contributed by atoms with E-state index < -0.39 is 11.9 Å². The number of amides is 1. The van der Waals surface area contributed by atoms with Gasteiger partial charge in [0.25, 0.3) is 0 Å². The Kier molecular flexibility index (Phi) is 3.79. The third-order valence-corrected chi connectivity index (χ3v) is 3.62. The Morgan fingerprint density at radius 2 is 1.91 bits per heavy atom. The second kappa shape index (κ2) is 5.91. The van der Waals surface area contributed by atoms with Crippen LogP contribution in [0.25, 0.3) is 22.2 Å². The number of hydrogen-bond donors (Lipinski definition) is 3. The number of nitrogens with one attached hydrogen (secondary N) is 1. The lowest BCUT2D eigenvalue weighted by molar-refractivity contribution is -0.118. The van der Waals surface area contributed by atoms with E-state index in [1.165, 1.54) is 0 Å². The molecule has 1 aromatic heterocycles. The number of benzene rings is 2. The number of hydrogen-bond acceptors (Lipinski definition) is 4. The number of rotatable bonds is 4. The van der Waals surface area contributed by atoms with Gasteiger partial charge in [-0.15, -0.1) is 0 Å². The van der Waals surface area contributed by atoms with Crippen LogP contribution in [0.4, 0.5) is 0 Å². The number of carbonyl (C=O) groups excluding carboxylic acids is 1. The maximum Gasteiger partial charge on any atom is 0.219 e. The summed E-state index contributed by atoms with van der Waals surface area (Å²) < 4.78 is 0. The average Bonchev–Trinajstić information content (AvgIpc) is 2.97. The van der Waals surface area contributed by atoms with Crippen LogP contribution in [-0.2, 0) is 4.79 Å². The van der Waals surface area contributed by atoms with Gasteiger partial charge in [-0.3, -0.25) is 4.79 Å². The summed E-state index contributed by atoms with van der Waals surface area (Å²) in [6.45, 7) is 0. The average molecular weight is 305 g/mol. The van der Waals surface area contributed by atoms with Gasteiger partial charge in [-0.05, 0) is 35.4 Å². The Labute approximate surface area is 132 Å². The molecule has 3 rings (SSSR count). The molecule has 0 bridgehead atoms. The van der Waals surface area contributed by atoms with Crippen molar-refractivity contribution in [3.8, 4) is 17.2 Å². The molecule has 0 radical (unpaired) electrons. The Hall–Kier alpha value is -3.17. The minimum Gasteiger partial charge on any atom is -0.370 e. The first kappa shape index (κ1) is 14.8. The van der Waals surface area contributed by atoms with Crippen LogP contribution < -0.4 is 11.5 Å². The topological polar surface area (TPSA) is 122 Å². The van der Waals surface area contributed by atoms with E-state index in [-0.39, 0.29) is 6.42 Å². The summed E-state index contributed by atoms with van der Waals surface area (Å²) in [5.41, 5.74) is 15.3. The van der Waals surface area contributed by atoms with Gasteiger partial charge in [-0.1, -0.05) is 18.2 Å². The normalized spacial score (nSPS) is 12.0. The number of primary amides is 1. The quantitative estimate of drug-likeness (QED) is 0.682. The summed E-state index contributed by atoms with van der Waals surface area (Å²) in [5, 5.41) is 8.85. The predicted octanol–water partition coefficient (Wildman–Crippen LogP) is 1.98. The highest BCUT2D eigenvalue weighted by atomic mass is 16.1. The lowest BCUT2D eigenvalue weighted by atomic mass is 10.0. The van der Waals surface area contributed by atoms with Gasteiger partial charge in [0, 0.05) is 6.42 Å². The molecule has 23 heavy (non-hydrogen) atoms. The summed E-state index contributed by atoms with van der Waals surface area (Å²) >= 11 is 0. The molecule has 6 nitrogen and oxygen atoms in total. The standard InChI is InChI=1S/C17H15N5O/c18-9-10-1-3-11(4-2-10)12-5-6-14-15(7-12)22-17(21-14)13(19)8-16(20)23/h1-7,13H,8,19H2,(H2,20,23)(H,21,22)/t13-/m0/s1. The monoisotopic (exact) mass is 305 g/mol. The van der Waals surface area contributed by atoms with Crippen molar-refractivity contribution in [1.82, 2.24) is 9.97 Å². The van der Waals surface area contributed by atoms with Crippen LogP contribution in [0.1, 0.15) is 23.9 Å². The van der Waals surface area contributed by atoms with E-state index in [4.69, 9.17) is 16.7 Å². The lowest BCUT2D eigenvalue weighted by Gasteiger charge is -2.04. The number of H-pyrrole nitrogens is 1. The van der Waals surface area contributed by atoms with Crippen molar-refractivity contribution in [2.75, 3.05) is 0 Å². The highest BCUT2D eigenvalue weighted by Gasteiger charge is 2.14. The van der Waals surface area contributed by atoms with E-state index in [1.54, 1.807) is 12.1 Å². The van der Waals surface area contributed by atoms with E-state index in [2.05, 4.69) is 16.0 Å². The number of aromatic nitrogens is 2. The summed E-state index contributed by atoms with van der Waals surface area (Å²) in [7, 11) is 0. The zero-order valence-electron chi connectivity index (χ0n) is 12.3. The molecule has 3 aromatic rings. The molecular weight excluding hydrogens is 290 g/mol. The summed E-state index contributed by atoms with van der Waals surface area (Å²) in [4.78, 5) is 18.5. The number of carbonyl (C=O) groups is 1. The van der Waals surface area contributed by atoms with Crippen molar-refractivity contribution < 1.29 is 4.79 Å². The molecule has 1 heterocycles. The second-order valence-corrected chi connectivity index (χ2v) is 5.32. The van der Waals surface area contributed by atoms with Gasteiger partial charge < -0.3 is 16.5 Å². The molecule has 0 aliphatic rings. The van der Waals surface area contributed by atoms with Crippen LogP contribution in [0.5, 0.6) is 0 Å². The van der Waals surface area contributed by atoms with Gasteiger partial charge in [-0.25, -0.2) is 4.98 Å². The fourth-order valence-electron chi connectivity index (χ4n) is 2.44. The molecule has 0 aliphatic heterocycles. The van der Waals surface area contributed by atoms with E-state index in [0.29, 0.717) is 11.4 Å². The molecule has 1 amide bonds.